The Morgan fingerprint density at radius 3 is 2.68 bits per heavy atom. The summed E-state index contributed by atoms with van der Waals surface area (Å²) in [5.41, 5.74) is -0.214. The molecular weight excluding hydrogens is 318 g/mol. The molecule has 0 aromatic heterocycles. The van der Waals surface area contributed by atoms with Crippen molar-refractivity contribution in [2.45, 2.75) is 6.61 Å². The lowest BCUT2D eigenvalue weighted by Gasteiger charge is -2.08. The fraction of sp³-hybridized carbons (Fsp3) is 0.133. The second kappa shape index (κ2) is 5.81. The van der Waals surface area contributed by atoms with Crippen LogP contribution in [0.15, 0.2) is 30.3 Å². The largest absolute Gasteiger partial charge is 0.457 e. The first-order valence-electron chi connectivity index (χ1n) is 6.25. The molecule has 0 saturated heterocycles. The van der Waals surface area contributed by atoms with Gasteiger partial charge in [0, 0.05) is 0 Å². The predicted octanol–water partition coefficient (Wildman–Crippen LogP) is 3.70. The summed E-state index contributed by atoms with van der Waals surface area (Å²) in [6, 6.07) is 6.24. The van der Waals surface area contributed by atoms with E-state index in [-0.39, 0.29) is 13.4 Å². The third kappa shape index (κ3) is 2.69. The molecule has 4 nitrogen and oxygen atoms in total. The van der Waals surface area contributed by atoms with E-state index in [4.69, 9.17) is 25.8 Å². The van der Waals surface area contributed by atoms with Crippen molar-refractivity contribution >= 4 is 17.6 Å². The van der Waals surface area contributed by atoms with Crippen LogP contribution in [0.5, 0.6) is 11.5 Å². The number of hydrogen-bond acceptors (Lipinski definition) is 4. The number of halogens is 3. The van der Waals surface area contributed by atoms with Crippen molar-refractivity contribution in [2.24, 2.45) is 0 Å². The quantitative estimate of drug-likeness (QED) is 0.807. The molecule has 0 spiro atoms. The predicted molar refractivity (Wildman–Crippen MR) is 73.1 cm³/mol. The number of ether oxygens (including phenoxy) is 3. The van der Waals surface area contributed by atoms with E-state index in [1.807, 2.05) is 0 Å². The van der Waals surface area contributed by atoms with Gasteiger partial charge in [-0.25, -0.2) is 13.6 Å². The molecule has 22 heavy (non-hydrogen) atoms. The first-order valence-corrected chi connectivity index (χ1v) is 6.63. The lowest BCUT2D eigenvalue weighted by Crippen LogP contribution is -2.10. The summed E-state index contributed by atoms with van der Waals surface area (Å²) < 4.78 is 42.2. The molecule has 0 aliphatic carbocycles. The SMILES string of the molecule is O=C(OCc1cc(Cl)c2c(c1)OCO2)c1c(F)cccc1F. The standard InChI is InChI=1S/C15H9ClF2O4/c16-9-4-8(5-12-14(9)22-7-21-12)6-20-15(19)13-10(17)2-1-3-11(13)18/h1-5H,6-7H2. The molecule has 0 saturated carbocycles. The van der Waals surface area contributed by atoms with Crippen LogP contribution in [-0.4, -0.2) is 12.8 Å². The molecule has 0 radical (unpaired) electrons. The van der Waals surface area contributed by atoms with Crippen LogP contribution in [-0.2, 0) is 11.3 Å². The second-order valence-electron chi connectivity index (χ2n) is 4.48. The molecule has 114 valence electrons. The molecule has 2 aromatic carbocycles. The summed E-state index contributed by atoms with van der Waals surface area (Å²) >= 11 is 5.99. The van der Waals surface area contributed by atoms with Crippen LogP contribution < -0.4 is 9.47 Å². The molecule has 7 heteroatoms. The molecule has 0 bridgehead atoms. The van der Waals surface area contributed by atoms with E-state index in [1.165, 1.54) is 12.1 Å². The minimum absolute atomic E-state index is 0.0543. The Balaban J connectivity index is 1.76. The lowest BCUT2D eigenvalue weighted by molar-refractivity contribution is 0.0461. The average molecular weight is 327 g/mol. The lowest BCUT2D eigenvalue weighted by atomic mass is 10.2. The van der Waals surface area contributed by atoms with Gasteiger partial charge in [0.05, 0.1) is 5.02 Å². The molecule has 0 N–H and O–H groups in total. The van der Waals surface area contributed by atoms with E-state index in [2.05, 4.69) is 0 Å². The van der Waals surface area contributed by atoms with Gasteiger partial charge in [0.1, 0.15) is 23.8 Å². The summed E-state index contributed by atoms with van der Waals surface area (Å²) in [5, 5.41) is 0.304. The van der Waals surface area contributed by atoms with E-state index in [0.29, 0.717) is 22.1 Å². The Morgan fingerprint density at radius 2 is 1.95 bits per heavy atom. The van der Waals surface area contributed by atoms with Crippen molar-refractivity contribution in [3.8, 4) is 11.5 Å². The summed E-state index contributed by atoms with van der Waals surface area (Å²) in [6.45, 7) is -0.151. The third-order valence-electron chi connectivity index (χ3n) is 3.02. The van der Waals surface area contributed by atoms with Gasteiger partial charge in [0.25, 0.3) is 0 Å². The summed E-state index contributed by atoms with van der Waals surface area (Å²) in [5.74, 6) is -2.21. The highest BCUT2D eigenvalue weighted by Gasteiger charge is 2.21. The average Bonchev–Trinajstić information content (AvgIpc) is 2.94. The van der Waals surface area contributed by atoms with Crippen molar-refractivity contribution < 1.29 is 27.8 Å². The van der Waals surface area contributed by atoms with E-state index in [1.54, 1.807) is 6.07 Å². The second-order valence-corrected chi connectivity index (χ2v) is 4.89. The number of benzene rings is 2. The van der Waals surface area contributed by atoms with Crippen molar-refractivity contribution in [3.05, 3.63) is 58.1 Å². The van der Waals surface area contributed by atoms with Crippen molar-refractivity contribution in [1.82, 2.24) is 0 Å². The minimum atomic E-state index is -1.09. The normalized spacial score (nSPS) is 12.3. The smallest absolute Gasteiger partial charge is 0.344 e. The number of hydrogen-bond donors (Lipinski definition) is 0. The fourth-order valence-corrected chi connectivity index (χ4v) is 2.31. The van der Waals surface area contributed by atoms with Gasteiger partial charge in [-0.1, -0.05) is 17.7 Å². The van der Waals surface area contributed by atoms with Gasteiger partial charge >= 0.3 is 5.97 Å². The summed E-state index contributed by atoms with van der Waals surface area (Å²) in [4.78, 5) is 11.8. The molecule has 0 fully saturated rings. The number of carbonyl (C=O) groups is 1. The van der Waals surface area contributed by atoms with Crippen LogP contribution in [0, 0.1) is 11.6 Å². The number of carbonyl (C=O) groups excluding carboxylic acids is 1. The molecular formula is C15H9ClF2O4. The monoisotopic (exact) mass is 326 g/mol. The van der Waals surface area contributed by atoms with Crippen LogP contribution in [0.3, 0.4) is 0 Å². The minimum Gasteiger partial charge on any atom is -0.457 e. The van der Waals surface area contributed by atoms with Gasteiger partial charge in [0.2, 0.25) is 6.79 Å². The summed E-state index contributed by atoms with van der Waals surface area (Å²) in [6.07, 6.45) is 0. The molecule has 0 atom stereocenters. The first kappa shape index (κ1) is 14.6. The van der Waals surface area contributed by atoms with Crippen LogP contribution in [0.1, 0.15) is 15.9 Å². The number of rotatable bonds is 3. The van der Waals surface area contributed by atoms with E-state index in [9.17, 15) is 13.6 Å². The molecule has 0 unspecified atom stereocenters. The molecule has 1 aliphatic rings. The highest BCUT2D eigenvalue weighted by molar-refractivity contribution is 6.32. The van der Waals surface area contributed by atoms with Crippen LogP contribution in [0.25, 0.3) is 0 Å². The third-order valence-corrected chi connectivity index (χ3v) is 3.30. The maximum atomic E-state index is 13.5. The molecule has 1 heterocycles. The first-order chi connectivity index (χ1) is 10.6. The Labute approximate surface area is 129 Å². The topological polar surface area (TPSA) is 44.8 Å². The van der Waals surface area contributed by atoms with E-state index >= 15 is 0 Å². The Hall–Kier alpha value is -2.34. The zero-order chi connectivity index (χ0) is 15.7. The maximum Gasteiger partial charge on any atom is 0.344 e. The van der Waals surface area contributed by atoms with Crippen LogP contribution >= 0.6 is 11.6 Å². The Bertz CT molecular complexity index is 728. The maximum absolute atomic E-state index is 13.5. The molecule has 2 aromatic rings. The molecule has 0 amide bonds. The molecule has 3 rings (SSSR count). The van der Waals surface area contributed by atoms with E-state index in [0.717, 1.165) is 12.1 Å². The zero-order valence-electron chi connectivity index (χ0n) is 11.1. The fourth-order valence-electron chi connectivity index (χ4n) is 2.02. The van der Waals surface area contributed by atoms with Gasteiger partial charge in [0.15, 0.2) is 11.5 Å². The van der Waals surface area contributed by atoms with Gasteiger partial charge in [-0.3, -0.25) is 0 Å². The molecule has 1 aliphatic heterocycles. The van der Waals surface area contributed by atoms with E-state index < -0.39 is 23.2 Å². The Kier molecular flexibility index (Phi) is 3.85. The van der Waals surface area contributed by atoms with Gasteiger partial charge in [-0.15, -0.1) is 0 Å². The van der Waals surface area contributed by atoms with Gasteiger partial charge in [-0.05, 0) is 29.8 Å². The van der Waals surface area contributed by atoms with Gasteiger partial charge in [-0.2, -0.15) is 0 Å². The Morgan fingerprint density at radius 1 is 1.23 bits per heavy atom. The van der Waals surface area contributed by atoms with Crippen LogP contribution in [0.2, 0.25) is 5.02 Å². The van der Waals surface area contributed by atoms with Crippen molar-refractivity contribution in [3.63, 3.8) is 0 Å². The summed E-state index contributed by atoms with van der Waals surface area (Å²) in [7, 11) is 0. The number of fused-ring (bicyclic) bond motifs is 1. The highest BCUT2D eigenvalue weighted by atomic mass is 35.5. The van der Waals surface area contributed by atoms with Crippen molar-refractivity contribution in [2.75, 3.05) is 6.79 Å². The van der Waals surface area contributed by atoms with Crippen LogP contribution in [0.4, 0.5) is 8.78 Å². The zero-order valence-corrected chi connectivity index (χ0v) is 11.8. The number of esters is 1. The highest BCUT2D eigenvalue weighted by Crippen LogP contribution is 2.39. The van der Waals surface area contributed by atoms with Crippen molar-refractivity contribution in [1.29, 1.82) is 0 Å². The van der Waals surface area contributed by atoms with Gasteiger partial charge < -0.3 is 14.2 Å².